The largest absolute Gasteiger partial charge is 0.357 e. The Morgan fingerprint density at radius 3 is 2.83 bits per heavy atom. The number of aryl methyl sites for hydroxylation is 1. The molecule has 1 aliphatic rings. The molecule has 7 heteroatoms. The van der Waals surface area contributed by atoms with Gasteiger partial charge in [-0.3, -0.25) is 4.98 Å². The van der Waals surface area contributed by atoms with E-state index in [4.69, 9.17) is 0 Å². The number of hydrogen-bond donors (Lipinski definition) is 1. The van der Waals surface area contributed by atoms with Crippen molar-refractivity contribution in [3.63, 3.8) is 0 Å². The fraction of sp³-hybridized carbons (Fsp3) is 0.625. The number of nitrogens with one attached hydrogen (secondary N) is 1. The van der Waals surface area contributed by atoms with Crippen LogP contribution in [0.15, 0.2) is 23.3 Å². The van der Waals surface area contributed by atoms with Crippen LogP contribution in [0.1, 0.15) is 32.0 Å². The predicted molar refractivity (Wildman–Crippen MR) is 93.2 cm³/mol. The second kappa shape index (κ2) is 6.86. The van der Waals surface area contributed by atoms with Crippen LogP contribution in [0.3, 0.4) is 0 Å². The van der Waals surface area contributed by atoms with Crippen molar-refractivity contribution in [1.29, 1.82) is 0 Å². The van der Waals surface area contributed by atoms with E-state index in [1.165, 1.54) is 0 Å². The van der Waals surface area contributed by atoms with Gasteiger partial charge in [0.1, 0.15) is 0 Å². The fourth-order valence-corrected chi connectivity index (χ4v) is 3.95. The maximum atomic E-state index is 12.2. The molecule has 6 nitrogen and oxygen atoms in total. The molecule has 1 saturated heterocycles. The molecule has 0 amide bonds. The number of aliphatic imine (C=N–C) groups is 1. The number of nitrogens with zero attached hydrogens (tertiary/aromatic N) is 3. The molecule has 0 unspecified atom stereocenters. The maximum Gasteiger partial charge on any atom is 0.194 e. The highest BCUT2D eigenvalue weighted by Gasteiger charge is 2.40. The Hall–Kier alpha value is -1.63. The Kier molecular flexibility index (Phi) is 5.29. The third-order valence-corrected chi connectivity index (χ3v) is 6.71. The molecule has 0 aromatic carbocycles. The molecule has 0 spiro atoms. The molecule has 2 heterocycles. The lowest BCUT2D eigenvalue weighted by atomic mass is 10.2. The van der Waals surface area contributed by atoms with E-state index in [0.717, 1.165) is 23.8 Å². The van der Waals surface area contributed by atoms with E-state index >= 15 is 0 Å². The van der Waals surface area contributed by atoms with Crippen molar-refractivity contribution in [2.75, 3.05) is 25.4 Å². The van der Waals surface area contributed by atoms with Crippen molar-refractivity contribution in [2.24, 2.45) is 4.99 Å². The number of rotatable bonds is 3. The van der Waals surface area contributed by atoms with Gasteiger partial charge in [0.2, 0.25) is 0 Å². The zero-order valence-corrected chi connectivity index (χ0v) is 15.2. The fourth-order valence-electron chi connectivity index (χ4n) is 2.58. The molecule has 1 aliphatic heterocycles. The van der Waals surface area contributed by atoms with Gasteiger partial charge in [0.25, 0.3) is 0 Å². The number of guanidine groups is 1. The van der Waals surface area contributed by atoms with Gasteiger partial charge < -0.3 is 10.2 Å². The average Bonchev–Trinajstić information content (AvgIpc) is 2.48. The standard InChI is InChI=1S/C16H26N4O2S/c1-5-17-15(19-11-14-13(2)7-6-8-18-14)20-9-10-23(21,22)16(3,4)12-20/h6-8H,5,9-12H2,1-4H3,(H,17,19). The van der Waals surface area contributed by atoms with Gasteiger partial charge in [0.05, 0.1) is 22.7 Å². The molecule has 1 aromatic rings. The minimum Gasteiger partial charge on any atom is -0.357 e. The highest BCUT2D eigenvalue weighted by molar-refractivity contribution is 7.92. The van der Waals surface area contributed by atoms with Crippen LogP contribution in [0.2, 0.25) is 0 Å². The van der Waals surface area contributed by atoms with Crippen LogP contribution in [-0.2, 0) is 16.4 Å². The van der Waals surface area contributed by atoms with Gasteiger partial charge in [-0.05, 0) is 39.3 Å². The molecule has 1 N–H and O–H groups in total. The van der Waals surface area contributed by atoms with Crippen LogP contribution >= 0.6 is 0 Å². The van der Waals surface area contributed by atoms with E-state index in [-0.39, 0.29) is 5.75 Å². The van der Waals surface area contributed by atoms with Crippen molar-refractivity contribution in [3.8, 4) is 0 Å². The Morgan fingerprint density at radius 1 is 1.48 bits per heavy atom. The minimum absolute atomic E-state index is 0.160. The van der Waals surface area contributed by atoms with E-state index in [1.54, 1.807) is 20.0 Å². The first-order chi connectivity index (χ1) is 10.8. The smallest absolute Gasteiger partial charge is 0.194 e. The number of aromatic nitrogens is 1. The summed E-state index contributed by atoms with van der Waals surface area (Å²) in [4.78, 5) is 11.0. The zero-order valence-electron chi connectivity index (χ0n) is 14.3. The normalized spacial score (nSPS) is 20.3. The number of pyridine rings is 1. The quantitative estimate of drug-likeness (QED) is 0.665. The van der Waals surface area contributed by atoms with Crippen molar-refractivity contribution in [1.82, 2.24) is 15.2 Å². The maximum absolute atomic E-state index is 12.2. The van der Waals surface area contributed by atoms with Gasteiger partial charge in [0.15, 0.2) is 15.8 Å². The summed E-state index contributed by atoms with van der Waals surface area (Å²) in [6.45, 7) is 9.72. The Morgan fingerprint density at radius 2 is 2.22 bits per heavy atom. The Labute approximate surface area is 138 Å². The van der Waals surface area contributed by atoms with Crippen molar-refractivity contribution >= 4 is 15.8 Å². The van der Waals surface area contributed by atoms with Gasteiger partial charge in [-0.1, -0.05) is 6.07 Å². The summed E-state index contributed by atoms with van der Waals surface area (Å²) in [6.07, 6.45) is 1.77. The summed E-state index contributed by atoms with van der Waals surface area (Å²) in [5, 5.41) is 3.26. The zero-order chi connectivity index (χ0) is 17.1. The highest BCUT2D eigenvalue weighted by atomic mass is 32.2. The number of hydrogen-bond acceptors (Lipinski definition) is 4. The summed E-state index contributed by atoms with van der Waals surface area (Å²) in [5.74, 6) is 0.910. The van der Waals surface area contributed by atoms with Gasteiger partial charge in [-0.25, -0.2) is 13.4 Å². The van der Waals surface area contributed by atoms with Crippen LogP contribution in [0.5, 0.6) is 0 Å². The predicted octanol–water partition coefficient (Wildman–Crippen LogP) is 1.36. The molecule has 0 bridgehead atoms. The Balaban J connectivity index is 2.19. The van der Waals surface area contributed by atoms with Crippen LogP contribution in [0, 0.1) is 6.92 Å². The molecule has 23 heavy (non-hydrogen) atoms. The second-order valence-electron chi connectivity index (χ2n) is 6.44. The van der Waals surface area contributed by atoms with Crippen LogP contribution in [0.4, 0.5) is 0 Å². The third kappa shape index (κ3) is 4.02. The van der Waals surface area contributed by atoms with Gasteiger partial charge in [-0.15, -0.1) is 0 Å². The molecule has 0 atom stereocenters. The Bertz CT molecular complexity index is 683. The molecule has 1 aromatic heterocycles. The molecule has 0 saturated carbocycles. The van der Waals surface area contributed by atoms with Gasteiger partial charge in [-0.2, -0.15) is 0 Å². The first-order valence-electron chi connectivity index (χ1n) is 7.93. The first kappa shape index (κ1) is 17.7. The summed E-state index contributed by atoms with van der Waals surface area (Å²) in [5.41, 5.74) is 2.04. The molecular weight excluding hydrogens is 312 g/mol. The topological polar surface area (TPSA) is 74.7 Å². The summed E-state index contributed by atoms with van der Waals surface area (Å²) >= 11 is 0. The van der Waals surface area contributed by atoms with E-state index in [1.807, 2.05) is 30.9 Å². The summed E-state index contributed by atoms with van der Waals surface area (Å²) in [6, 6.07) is 3.92. The van der Waals surface area contributed by atoms with Crippen LogP contribution in [0.25, 0.3) is 0 Å². The van der Waals surface area contributed by atoms with E-state index < -0.39 is 14.6 Å². The molecular formula is C16H26N4O2S. The van der Waals surface area contributed by atoms with E-state index in [0.29, 0.717) is 19.6 Å². The summed E-state index contributed by atoms with van der Waals surface area (Å²) in [7, 11) is -3.05. The third-order valence-electron chi connectivity index (χ3n) is 4.17. The van der Waals surface area contributed by atoms with E-state index in [9.17, 15) is 8.42 Å². The second-order valence-corrected chi connectivity index (χ2v) is 9.18. The summed E-state index contributed by atoms with van der Waals surface area (Å²) < 4.78 is 23.6. The van der Waals surface area contributed by atoms with Crippen molar-refractivity contribution in [3.05, 3.63) is 29.6 Å². The van der Waals surface area contributed by atoms with Crippen LogP contribution in [-0.4, -0.2) is 54.4 Å². The van der Waals surface area contributed by atoms with Gasteiger partial charge in [0, 0.05) is 25.8 Å². The minimum atomic E-state index is -3.05. The molecule has 128 valence electrons. The number of sulfone groups is 1. The molecule has 2 rings (SSSR count). The lowest BCUT2D eigenvalue weighted by Gasteiger charge is -2.39. The average molecular weight is 338 g/mol. The molecule has 0 aliphatic carbocycles. The first-order valence-corrected chi connectivity index (χ1v) is 9.58. The van der Waals surface area contributed by atoms with Crippen molar-refractivity contribution < 1.29 is 8.42 Å². The molecule has 0 radical (unpaired) electrons. The highest BCUT2D eigenvalue weighted by Crippen LogP contribution is 2.23. The van der Waals surface area contributed by atoms with Crippen LogP contribution < -0.4 is 5.32 Å². The van der Waals surface area contributed by atoms with E-state index in [2.05, 4.69) is 15.3 Å². The lowest BCUT2D eigenvalue weighted by Crippen LogP contribution is -2.57. The lowest BCUT2D eigenvalue weighted by molar-refractivity contribution is 0.353. The van der Waals surface area contributed by atoms with Gasteiger partial charge >= 0.3 is 0 Å². The molecule has 1 fully saturated rings. The SMILES string of the molecule is CCNC(=NCc1ncccc1C)N1CCS(=O)(=O)C(C)(C)C1. The van der Waals surface area contributed by atoms with Crippen molar-refractivity contribution in [2.45, 2.75) is 39.0 Å². The monoisotopic (exact) mass is 338 g/mol.